The highest BCUT2D eigenvalue weighted by Crippen LogP contribution is 2.24. The SMILES string of the molecule is CC(=O)NCCC(O)C(O)c1cc(Cl)ccc1F. The summed E-state index contributed by atoms with van der Waals surface area (Å²) in [7, 11) is 0. The lowest BCUT2D eigenvalue weighted by Gasteiger charge is -2.19. The Morgan fingerprint density at radius 3 is 2.78 bits per heavy atom. The minimum absolute atomic E-state index is 0.0576. The standard InChI is InChI=1S/C12H15ClFNO3/c1-7(16)15-5-4-11(17)12(18)9-6-8(13)2-3-10(9)14/h2-3,6,11-12,17-18H,4-5H2,1H3,(H,15,16). The maximum Gasteiger partial charge on any atom is 0.216 e. The van der Waals surface area contributed by atoms with Crippen LogP contribution in [0.15, 0.2) is 18.2 Å². The fourth-order valence-electron chi connectivity index (χ4n) is 1.50. The first-order valence-electron chi connectivity index (χ1n) is 5.47. The minimum Gasteiger partial charge on any atom is -0.390 e. The topological polar surface area (TPSA) is 69.6 Å². The van der Waals surface area contributed by atoms with E-state index in [-0.39, 0.29) is 29.5 Å². The molecule has 4 nitrogen and oxygen atoms in total. The molecule has 3 N–H and O–H groups in total. The third-order valence-electron chi connectivity index (χ3n) is 2.46. The van der Waals surface area contributed by atoms with E-state index in [1.807, 2.05) is 0 Å². The molecule has 0 spiro atoms. The van der Waals surface area contributed by atoms with Gasteiger partial charge in [-0.25, -0.2) is 4.39 Å². The van der Waals surface area contributed by atoms with Gasteiger partial charge in [-0.2, -0.15) is 0 Å². The molecule has 0 saturated heterocycles. The monoisotopic (exact) mass is 275 g/mol. The number of aliphatic hydroxyl groups excluding tert-OH is 2. The number of hydrogen-bond acceptors (Lipinski definition) is 3. The highest BCUT2D eigenvalue weighted by atomic mass is 35.5. The first-order valence-corrected chi connectivity index (χ1v) is 5.85. The number of rotatable bonds is 5. The van der Waals surface area contributed by atoms with Crippen LogP contribution in [0.25, 0.3) is 0 Å². The molecule has 100 valence electrons. The number of carbonyl (C=O) groups is 1. The van der Waals surface area contributed by atoms with Crippen LogP contribution in [0.2, 0.25) is 5.02 Å². The summed E-state index contributed by atoms with van der Waals surface area (Å²) in [5.41, 5.74) is -0.0576. The largest absolute Gasteiger partial charge is 0.390 e. The molecule has 0 fully saturated rings. The van der Waals surface area contributed by atoms with Crippen LogP contribution in [0, 0.1) is 5.82 Å². The normalized spacial score (nSPS) is 14.1. The number of hydrogen-bond donors (Lipinski definition) is 3. The lowest BCUT2D eigenvalue weighted by atomic mass is 10.0. The zero-order valence-electron chi connectivity index (χ0n) is 9.86. The van der Waals surface area contributed by atoms with Crippen molar-refractivity contribution in [1.29, 1.82) is 0 Å². The van der Waals surface area contributed by atoms with Crippen LogP contribution in [-0.2, 0) is 4.79 Å². The summed E-state index contributed by atoms with van der Waals surface area (Å²) < 4.78 is 13.4. The molecule has 0 heterocycles. The molecule has 2 atom stereocenters. The maximum absolute atomic E-state index is 13.4. The van der Waals surface area contributed by atoms with E-state index in [1.165, 1.54) is 19.1 Å². The van der Waals surface area contributed by atoms with E-state index in [9.17, 15) is 19.4 Å². The van der Waals surface area contributed by atoms with Gasteiger partial charge in [0.2, 0.25) is 5.91 Å². The molecular formula is C12H15ClFNO3. The Balaban J connectivity index is 2.64. The van der Waals surface area contributed by atoms with Gasteiger partial charge in [0.15, 0.2) is 0 Å². The highest BCUT2D eigenvalue weighted by Gasteiger charge is 2.21. The molecule has 0 aliphatic rings. The molecular weight excluding hydrogens is 261 g/mol. The first kappa shape index (κ1) is 14.9. The maximum atomic E-state index is 13.4. The smallest absolute Gasteiger partial charge is 0.216 e. The molecule has 2 unspecified atom stereocenters. The Labute approximate surface area is 109 Å². The predicted octanol–water partition coefficient (Wildman–Crippen LogP) is 1.40. The highest BCUT2D eigenvalue weighted by molar-refractivity contribution is 6.30. The first-order chi connectivity index (χ1) is 8.41. The van der Waals surface area contributed by atoms with Crippen molar-refractivity contribution in [3.63, 3.8) is 0 Å². The Kier molecular flexibility index (Phi) is 5.53. The van der Waals surface area contributed by atoms with E-state index in [1.54, 1.807) is 0 Å². The third kappa shape index (κ3) is 4.25. The number of aliphatic hydroxyl groups is 2. The molecule has 1 aromatic carbocycles. The lowest BCUT2D eigenvalue weighted by molar-refractivity contribution is -0.119. The Bertz CT molecular complexity index is 428. The predicted molar refractivity (Wildman–Crippen MR) is 65.7 cm³/mol. The average Bonchev–Trinajstić information content (AvgIpc) is 2.30. The van der Waals surface area contributed by atoms with E-state index in [2.05, 4.69) is 5.32 Å². The number of amides is 1. The summed E-state index contributed by atoms with van der Waals surface area (Å²) in [6, 6.07) is 3.75. The summed E-state index contributed by atoms with van der Waals surface area (Å²) in [6.45, 7) is 1.55. The van der Waals surface area contributed by atoms with Crippen molar-refractivity contribution in [3.8, 4) is 0 Å². The van der Waals surface area contributed by atoms with E-state index in [0.717, 1.165) is 6.07 Å². The second-order valence-electron chi connectivity index (χ2n) is 3.95. The van der Waals surface area contributed by atoms with E-state index >= 15 is 0 Å². The summed E-state index contributed by atoms with van der Waals surface area (Å²) in [5, 5.41) is 22.2. The molecule has 0 saturated carbocycles. The number of benzene rings is 1. The van der Waals surface area contributed by atoms with Crippen LogP contribution < -0.4 is 5.32 Å². The molecule has 0 radical (unpaired) electrons. The van der Waals surface area contributed by atoms with Crippen LogP contribution in [-0.4, -0.2) is 28.8 Å². The van der Waals surface area contributed by atoms with Gasteiger partial charge in [-0.05, 0) is 24.6 Å². The molecule has 6 heteroatoms. The molecule has 0 aliphatic carbocycles. The Morgan fingerprint density at radius 1 is 1.50 bits per heavy atom. The van der Waals surface area contributed by atoms with Crippen molar-refractivity contribution in [3.05, 3.63) is 34.6 Å². The Morgan fingerprint density at radius 2 is 2.17 bits per heavy atom. The second kappa shape index (κ2) is 6.68. The van der Waals surface area contributed by atoms with Crippen LogP contribution in [0.5, 0.6) is 0 Å². The summed E-state index contributed by atoms with van der Waals surface area (Å²) in [5.74, 6) is -0.865. The number of halogens is 2. The van der Waals surface area contributed by atoms with Crippen LogP contribution >= 0.6 is 11.6 Å². The van der Waals surface area contributed by atoms with Gasteiger partial charge in [-0.3, -0.25) is 4.79 Å². The summed E-state index contributed by atoms with van der Waals surface area (Å²) in [6.07, 6.45) is -2.44. The Hall–Kier alpha value is -1.17. The van der Waals surface area contributed by atoms with E-state index in [4.69, 9.17) is 11.6 Å². The van der Waals surface area contributed by atoms with Crippen molar-refractivity contribution >= 4 is 17.5 Å². The van der Waals surface area contributed by atoms with Crippen molar-refractivity contribution in [2.45, 2.75) is 25.6 Å². The van der Waals surface area contributed by atoms with Gasteiger partial charge in [0.25, 0.3) is 0 Å². The minimum atomic E-state index is -1.38. The van der Waals surface area contributed by atoms with Crippen molar-refractivity contribution in [1.82, 2.24) is 5.32 Å². The van der Waals surface area contributed by atoms with E-state index in [0.29, 0.717) is 0 Å². The van der Waals surface area contributed by atoms with E-state index < -0.39 is 18.0 Å². The fourth-order valence-corrected chi connectivity index (χ4v) is 1.68. The quantitative estimate of drug-likeness (QED) is 0.761. The fraction of sp³-hybridized carbons (Fsp3) is 0.417. The zero-order chi connectivity index (χ0) is 13.7. The van der Waals surface area contributed by atoms with Gasteiger partial charge in [-0.15, -0.1) is 0 Å². The summed E-state index contributed by atoms with van der Waals surface area (Å²) >= 11 is 5.70. The molecule has 0 aromatic heterocycles. The van der Waals surface area contributed by atoms with Gasteiger partial charge in [-0.1, -0.05) is 11.6 Å². The average molecular weight is 276 g/mol. The molecule has 0 bridgehead atoms. The second-order valence-corrected chi connectivity index (χ2v) is 4.39. The van der Waals surface area contributed by atoms with Gasteiger partial charge in [0, 0.05) is 24.1 Å². The van der Waals surface area contributed by atoms with Crippen molar-refractivity contribution < 1.29 is 19.4 Å². The molecule has 0 aliphatic heterocycles. The van der Waals surface area contributed by atoms with Gasteiger partial charge in [0.05, 0.1) is 6.10 Å². The molecule has 1 rings (SSSR count). The van der Waals surface area contributed by atoms with Gasteiger partial charge in [0.1, 0.15) is 11.9 Å². The lowest BCUT2D eigenvalue weighted by Crippen LogP contribution is -2.28. The zero-order valence-corrected chi connectivity index (χ0v) is 10.6. The van der Waals surface area contributed by atoms with Crippen LogP contribution in [0.1, 0.15) is 25.0 Å². The number of nitrogens with one attached hydrogen (secondary N) is 1. The molecule has 1 amide bonds. The van der Waals surface area contributed by atoms with Crippen LogP contribution in [0.4, 0.5) is 4.39 Å². The number of carbonyl (C=O) groups excluding carboxylic acids is 1. The van der Waals surface area contributed by atoms with Gasteiger partial charge < -0.3 is 15.5 Å². The van der Waals surface area contributed by atoms with Crippen molar-refractivity contribution in [2.24, 2.45) is 0 Å². The van der Waals surface area contributed by atoms with Gasteiger partial charge >= 0.3 is 0 Å². The molecule has 18 heavy (non-hydrogen) atoms. The third-order valence-corrected chi connectivity index (χ3v) is 2.69. The summed E-state index contributed by atoms with van der Waals surface area (Å²) in [4.78, 5) is 10.6. The van der Waals surface area contributed by atoms with Crippen LogP contribution in [0.3, 0.4) is 0 Å². The molecule has 1 aromatic rings. The van der Waals surface area contributed by atoms with Crippen molar-refractivity contribution in [2.75, 3.05) is 6.54 Å².